The van der Waals surface area contributed by atoms with Crippen LogP contribution in [-0.2, 0) is 12.8 Å². The fourth-order valence-electron chi connectivity index (χ4n) is 3.77. The molecule has 0 bridgehead atoms. The molecule has 3 aromatic rings. The number of benzene rings is 2. The van der Waals surface area contributed by atoms with Crippen LogP contribution in [0.15, 0.2) is 60.7 Å². The van der Waals surface area contributed by atoms with Crippen LogP contribution in [0.1, 0.15) is 35.0 Å². The van der Waals surface area contributed by atoms with E-state index in [0.717, 1.165) is 29.8 Å². The van der Waals surface area contributed by atoms with Crippen molar-refractivity contribution in [3.05, 3.63) is 77.5 Å². The zero-order valence-electron chi connectivity index (χ0n) is 14.3. The third kappa shape index (κ3) is 2.86. The van der Waals surface area contributed by atoms with E-state index in [1.165, 1.54) is 17.7 Å². The van der Waals surface area contributed by atoms with Gasteiger partial charge in [0, 0.05) is 11.4 Å². The molecule has 1 aliphatic rings. The van der Waals surface area contributed by atoms with Crippen LogP contribution >= 0.6 is 0 Å². The second-order valence-corrected chi connectivity index (χ2v) is 6.91. The van der Waals surface area contributed by atoms with E-state index in [2.05, 4.69) is 29.7 Å². The third-order valence-corrected chi connectivity index (χ3v) is 5.06. The lowest BCUT2D eigenvalue weighted by Gasteiger charge is -2.22. The number of aromatic nitrogens is 1. The SMILES string of the molecule is C[C@@H]1CCc2cc(-c3ccccc3)n(-c3cccc(C(=O)O)c3)c2C1. The predicted octanol–water partition coefficient (Wildman–Crippen LogP) is 4.97. The van der Waals surface area contributed by atoms with Crippen molar-refractivity contribution in [3.8, 4) is 16.9 Å². The summed E-state index contributed by atoms with van der Waals surface area (Å²) in [6.07, 6.45) is 3.32. The molecule has 1 N–H and O–H groups in total. The van der Waals surface area contributed by atoms with Crippen molar-refractivity contribution in [2.45, 2.75) is 26.2 Å². The minimum atomic E-state index is -0.891. The van der Waals surface area contributed by atoms with Crippen LogP contribution in [-0.4, -0.2) is 15.6 Å². The molecule has 0 unspecified atom stereocenters. The number of aromatic carboxylic acids is 1. The normalized spacial score (nSPS) is 16.4. The Balaban J connectivity index is 1.95. The van der Waals surface area contributed by atoms with E-state index < -0.39 is 5.97 Å². The van der Waals surface area contributed by atoms with Gasteiger partial charge in [-0.1, -0.05) is 43.3 Å². The highest BCUT2D eigenvalue weighted by Crippen LogP contribution is 2.35. The molecule has 126 valence electrons. The smallest absolute Gasteiger partial charge is 0.335 e. The Morgan fingerprint density at radius 1 is 1.08 bits per heavy atom. The quantitative estimate of drug-likeness (QED) is 0.736. The average Bonchev–Trinajstić information content (AvgIpc) is 3.01. The summed E-state index contributed by atoms with van der Waals surface area (Å²) in [7, 11) is 0. The molecule has 0 fully saturated rings. The molecule has 1 aromatic heterocycles. The second-order valence-electron chi connectivity index (χ2n) is 6.91. The Morgan fingerprint density at radius 3 is 2.64 bits per heavy atom. The molecule has 0 radical (unpaired) electrons. The topological polar surface area (TPSA) is 42.2 Å². The number of fused-ring (bicyclic) bond motifs is 1. The van der Waals surface area contributed by atoms with Gasteiger partial charge in [0.05, 0.1) is 11.3 Å². The van der Waals surface area contributed by atoms with E-state index in [1.807, 2.05) is 30.3 Å². The number of nitrogens with zero attached hydrogens (tertiary/aromatic N) is 1. The minimum Gasteiger partial charge on any atom is -0.478 e. The van der Waals surface area contributed by atoms with E-state index in [-0.39, 0.29) is 0 Å². The van der Waals surface area contributed by atoms with Crippen LogP contribution in [0, 0.1) is 5.92 Å². The number of carbonyl (C=O) groups is 1. The summed E-state index contributed by atoms with van der Waals surface area (Å²) < 4.78 is 2.26. The predicted molar refractivity (Wildman–Crippen MR) is 99.4 cm³/mol. The summed E-state index contributed by atoms with van der Waals surface area (Å²) in [6.45, 7) is 2.29. The maximum absolute atomic E-state index is 11.4. The molecule has 4 rings (SSSR count). The van der Waals surface area contributed by atoms with Crippen molar-refractivity contribution in [3.63, 3.8) is 0 Å². The molecular weight excluding hydrogens is 310 g/mol. The second kappa shape index (κ2) is 6.25. The van der Waals surface area contributed by atoms with Crippen LogP contribution in [0.3, 0.4) is 0 Å². The fourth-order valence-corrected chi connectivity index (χ4v) is 3.77. The van der Waals surface area contributed by atoms with Gasteiger partial charge in [-0.05, 0) is 60.6 Å². The molecule has 1 heterocycles. The summed E-state index contributed by atoms with van der Waals surface area (Å²) in [5.74, 6) is -0.245. The first-order valence-corrected chi connectivity index (χ1v) is 8.76. The van der Waals surface area contributed by atoms with Crippen molar-refractivity contribution in [1.29, 1.82) is 0 Å². The van der Waals surface area contributed by atoms with Gasteiger partial charge in [-0.2, -0.15) is 0 Å². The van der Waals surface area contributed by atoms with E-state index in [1.54, 1.807) is 12.1 Å². The maximum Gasteiger partial charge on any atom is 0.335 e. The van der Waals surface area contributed by atoms with Gasteiger partial charge in [0.15, 0.2) is 0 Å². The van der Waals surface area contributed by atoms with Gasteiger partial charge in [-0.15, -0.1) is 0 Å². The summed E-state index contributed by atoms with van der Waals surface area (Å²) in [6, 6.07) is 19.9. The summed E-state index contributed by atoms with van der Waals surface area (Å²) in [5, 5.41) is 9.36. The number of hydrogen-bond donors (Lipinski definition) is 1. The van der Waals surface area contributed by atoms with E-state index in [9.17, 15) is 9.90 Å². The number of hydrogen-bond acceptors (Lipinski definition) is 1. The van der Waals surface area contributed by atoms with Crippen LogP contribution in [0.2, 0.25) is 0 Å². The first-order chi connectivity index (χ1) is 12.1. The Hall–Kier alpha value is -2.81. The monoisotopic (exact) mass is 331 g/mol. The maximum atomic E-state index is 11.4. The summed E-state index contributed by atoms with van der Waals surface area (Å²) in [5.41, 5.74) is 6.25. The van der Waals surface area contributed by atoms with Gasteiger partial charge < -0.3 is 9.67 Å². The van der Waals surface area contributed by atoms with E-state index in [0.29, 0.717) is 11.5 Å². The first kappa shape index (κ1) is 15.7. The fraction of sp³-hybridized carbons (Fsp3) is 0.227. The largest absolute Gasteiger partial charge is 0.478 e. The van der Waals surface area contributed by atoms with Gasteiger partial charge in [-0.3, -0.25) is 0 Å². The zero-order chi connectivity index (χ0) is 17.4. The lowest BCUT2D eigenvalue weighted by Crippen LogP contribution is -2.14. The lowest BCUT2D eigenvalue weighted by atomic mass is 9.89. The highest BCUT2D eigenvalue weighted by atomic mass is 16.4. The minimum absolute atomic E-state index is 0.322. The lowest BCUT2D eigenvalue weighted by molar-refractivity contribution is 0.0697. The first-order valence-electron chi connectivity index (χ1n) is 8.76. The van der Waals surface area contributed by atoms with Crippen LogP contribution in [0.5, 0.6) is 0 Å². The highest BCUT2D eigenvalue weighted by molar-refractivity contribution is 5.88. The number of aryl methyl sites for hydroxylation is 1. The van der Waals surface area contributed by atoms with Gasteiger partial charge in [-0.25, -0.2) is 4.79 Å². The van der Waals surface area contributed by atoms with Crippen LogP contribution in [0.25, 0.3) is 16.9 Å². The molecule has 25 heavy (non-hydrogen) atoms. The molecule has 0 spiro atoms. The Kier molecular flexibility index (Phi) is 3.92. The molecule has 3 heteroatoms. The van der Waals surface area contributed by atoms with Crippen molar-refractivity contribution < 1.29 is 9.90 Å². The highest BCUT2D eigenvalue weighted by Gasteiger charge is 2.23. The van der Waals surface area contributed by atoms with Crippen molar-refractivity contribution in [1.82, 2.24) is 4.57 Å². The van der Waals surface area contributed by atoms with Crippen molar-refractivity contribution >= 4 is 5.97 Å². The van der Waals surface area contributed by atoms with E-state index in [4.69, 9.17) is 0 Å². The van der Waals surface area contributed by atoms with E-state index >= 15 is 0 Å². The van der Waals surface area contributed by atoms with Crippen LogP contribution in [0.4, 0.5) is 0 Å². The Bertz CT molecular complexity index is 924. The standard InChI is InChI=1S/C22H21NO2/c1-15-10-11-17-14-21(16-6-3-2-4-7-16)23(20(17)12-15)19-9-5-8-18(13-19)22(24)25/h2-9,13-15H,10-12H2,1H3,(H,24,25)/t15-/m1/s1. The zero-order valence-corrected chi connectivity index (χ0v) is 14.3. The number of carboxylic acid groups (broad SMARTS) is 1. The molecule has 3 nitrogen and oxygen atoms in total. The number of carboxylic acids is 1. The Morgan fingerprint density at radius 2 is 1.88 bits per heavy atom. The average molecular weight is 331 g/mol. The van der Waals surface area contributed by atoms with Gasteiger partial charge in [0.1, 0.15) is 0 Å². The molecule has 0 amide bonds. The summed E-state index contributed by atoms with van der Waals surface area (Å²) in [4.78, 5) is 11.4. The summed E-state index contributed by atoms with van der Waals surface area (Å²) >= 11 is 0. The van der Waals surface area contributed by atoms with Crippen molar-refractivity contribution in [2.24, 2.45) is 5.92 Å². The molecule has 1 aliphatic carbocycles. The molecule has 2 aromatic carbocycles. The molecule has 1 atom stereocenters. The number of rotatable bonds is 3. The van der Waals surface area contributed by atoms with Crippen molar-refractivity contribution in [2.75, 3.05) is 0 Å². The molecular formula is C22H21NO2. The van der Waals surface area contributed by atoms with Gasteiger partial charge in [0.2, 0.25) is 0 Å². The molecule has 0 saturated heterocycles. The molecule has 0 aliphatic heterocycles. The third-order valence-electron chi connectivity index (χ3n) is 5.06. The van der Waals surface area contributed by atoms with Gasteiger partial charge in [0.25, 0.3) is 0 Å². The Labute approximate surface area is 147 Å². The molecule has 0 saturated carbocycles. The van der Waals surface area contributed by atoms with Gasteiger partial charge >= 0.3 is 5.97 Å². The van der Waals surface area contributed by atoms with Crippen LogP contribution < -0.4 is 0 Å².